The van der Waals surface area contributed by atoms with Crippen LogP contribution in [-0.4, -0.2) is 62.7 Å². The Hall–Kier alpha value is -3.39. The molecule has 0 spiro atoms. The molecule has 172 valence electrons. The van der Waals surface area contributed by atoms with Gasteiger partial charge in [0.05, 0.1) is 30.4 Å². The molecule has 1 amide bonds. The maximum atomic E-state index is 13.0. The number of carbonyl (C=O) groups is 3. The van der Waals surface area contributed by atoms with Crippen molar-refractivity contribution in [1.82, 2.24) is 4.90 Å². The van der Waals surface area contributed by atoms with Gasteiger partial charge in [-0.1, -0.05) is 13.8 Å². The number of likely N-dealkylation sites (N-methyl/N-ethyl adjacent to an activating group) is 1. The fourth-order valence-corrected chi connectivity index (χ4v) is 3.01. The normalized spacial score (nSPS) is 10.5. The molecule has 0 atom stereocenters. The van der Waals surface area contributed by atoms with Gasteiger partial charge in [0, 0.05) is 12.2 Å². The summed E-state index contributed by atoms with van der Waals surface area (Å²) in [6.07, 6.45) is 0. The number of methoxy groups -OCH3 is 1. The Labute approximate surface area is 188 Å². The van der Waals surface area contributed by atoms with Gasteiger partial charge in [0.1, 0.15) is 12.4 Å². The molecular formula is C24H30N2O6. The first-order valence-electron chi connectivity index (χ1n) is 10.6. The topological polar surface area (TPSA) is 94.2 Å². The van der Waals surface area contributed by atoms with Gasteiger partial charge < -0.3 is 24.4 Å². The van der Waals surface area contributed by atoms with E-state index in [9.17, 15) is 14.4 Å². The third kappa shape index (κ3) is 6.81. The summed E-state index contributed by atoms with van der Waals surface area (Å²) in [4.78, 5) is 38.9. The van der Waals surface area contributed by atoms with E-state index in [1.54, 1.807) is 43.3 Å². The number of ether oxygens (including phenoxy) is 3. The number of carbonyl (C=O) groups excluding carboxylic acids is 3. The number of nitrogens with zero attached hydrogens (tertiary/aromatic N) is 1. The standard InChI is InChI=1S/C24H30N2O6/c1-5-26(6-2)14-15-32-21-13-10-18(23(28)30-4)16-20(21)22(27)25-19-11-8-17(9-12-19)24(29)31-7-3/h8-13,16H,5-7,14-15H2,1-4H3,(H,25,27). The lowest BCUT2D eigenvalue weighted by Crippen LogP contribution is -2.28. The molecule has 0 fully saturated rings. The molecule has 0 aromatic heterocycles. The molecule has 0 aliphatic rings. The van der Waals surface area contributed by atoms with E-state index in [1.807, 2.05) is 0 Å². The quantitative estimate of drug-likeness (QED) is 0.531. The molecule has 0 bridgehead atoms. The molecule has 8 heteroatoms. The predicted octanol–water partition coefficient (Wildman–Crippen LogP) is 3.62. The minimum absolute atomic E-state index is 0.210. The number of amides is 1. The second-order valence-corrected chi connectivity index (χ2v) is 6.83. The van der Waals surface area contributed by atoms with E-state index in [1.165, 1.54) is 13.2 Å². The molecule has 32 heavy (non-hydrogen) atoms. The number of nitrogens with one attached hydrogen (secondary N) is 1. The predicted molar refractivity (Wildman–Crippen MR) is 121 cm³/mol. The van der Waals surface area contributed by atoms with Crippen LogP contribution in [-0.2, 0) is 9.47 Å². The summed E-state index contributed by atoms with van der Waals surface area (Å²) >= 11 is 0. The van der Waals surface area contributed by atoms with Crippen molar-refractivity contribution in [2.75, 3.05) is 45.3 Å². The maximum Gasteiger partial charge on any atom is 0.338 e. The zero-order chi connectivity index (χ0) is 23.5. The molecule has 0 heterocycles. The van der Waals surface area contributed by atoms with E-state index < -0.39 is 17.8 Å². The first-order valence-corrected chi connectivity index (χ1v) is 10.6. The van der Waals surface area contributed by atoms with E-state index in [0.717, 1.165) is 13.1 Å². The van der Waals surface area contributed by atoms with Gasteiger partial charge >= 0.3 is 11.9 Å². The van der Waals surface area contributed by atoms with Crippen molar-refractivity contribution in [3.8, 4) is 5.75 Å². The molecule has 0 radical (unpaired) electrons. The number of anilines is 1. The zero-order valence-electron chi connectivity index (χ0n) is 19.0. The molecule has 1 N–H and O–H groups in total. The van der Waals surface area contributed by atoms with Gasteiger partial charge in [0.25, 0.3) is 5.91 Å². The summed E-state index contributed by atoms with van der Waals surface area (Å²) in [6.45, 7) is 9.06. The van der Waals surface area contributed by atoms with Crippen LogP contribution < -0.4 is 10.1 Å². The summed E-state index contributed by atoms with van der Waals surface area (Å²) in [6, 6.07) is 10.9. The number of esters is 2. The summed E-state index contributed by atoms with van der Waals surface area (Å²) in [5, 5.41) is 2.77. The lowest BCUT2D eigenvalue weighted by molar-refractivity contribution is 0.0525. The largest absolute Gasteiger partial charge is 0.491 e. The van der Waals surface area contributed by atoms with Crippen molar-refractivity contribution in [1.29, 1.82) is 0 Å². The highest BCUT2D eigenvalue weighted by atomic mass is 16.5. The van der Waals surface area contributed by atoms with Gasteiger partial charge in [-0.05, 0) is 62.5 Å². The Morgan fingerprint density at radius 1 is 0.906 bits per heavy atom. The summed E-state index contributed by atoms with van der Waals surface area (Å²) < 4.78 is 15.6. The highest BCUT2D eigenvalue weighted by Crippen LogP contribution is 2.23. The van der Waals surface area contributed by atoms with Crippen molar-refractivity contribution in [3.63, 3.8) is 0 Å². The SMILES string of the molecule is CCOC(=O)c1ccc(NC(=O)c2cc(C(=O)OC)ccc2OCCN(CC)CC)cc1. The molecule has 2 rings (SSSR count). The van der Waals surface area contributed by atoms with E-state index >= 15 is 0 Å². The number of hydrogen-bond acceptors (Lipinski definition) is 7. The molecule has 0 saturated carbocycles. The average molecular weight is 443 g/mol. The molecule has 2 aromatic carbocycles. The van der Waals surface area contributed by atoms with Crippen molar-refractivity contribution in [2.24, 2.45) is 0 Å². The molecule has 2 aromatic rings. The summed E-state index contributed by atoms with van der Waals surface area (Å²) in [5.74, 6) is -1.06. The monoisotopic (exact) mass is 442 g/mol. The van der Waals surface area contributed by atoms with Crippen LogP contribution in [0.4, 0.5) is 5.69 Å². The summed E-state index contributed by atoms with van der Waals surface area (Å²) in [5.41, 5.74) is 1.33. The zero-order valence-corrected chi connectivity index (χ0v) is 19.0. The number of hydrogen-bond donors (Lipinski definition) is 1. The van der Waals surface area contributed by atoms with Gasteiger partial charge in [-0.25, -0.2) is 9.59 Å². The number of benzene rings is 2. The second kappa shape index (κ2) is 12.5. The minimum atomic E-state index is -0.549. The van der Waals surface area contributed by atoms with E-state index in [-0.39, 0.29) is 17.7 Å². The van der Waals surface area contributed by atoms with E-state index in [4.69, 9.17) is 14.2 Å². The van der Waals surface area contributed by atoms with Crippen LogP contribution in [0.15, 0.2) is 42.5 Å². The fraction of sp³-hybridized carbons (Fsp3) is 0.375. The maximum absolute atomic E-state index is 13.0. The Kier molecular flexibility index (Phi) is 9.69. The molecule has 0 aliphatic heterocycles. The third-order valence-corrected chi connectivity index (χ3v) is 4.86. The van der Waals surface area contributed by atoms with Crippen LogP contribution >= 0.6 is 0 Å². The first kappa shape index (κ1) is 24.9. The average Bonchev–Trinajstić information content (AvgIpc) is 2.82. The first-order chi connectivity index (χ1) is 15.4. The Bertz CT molecular complexity index is 923. The van der Waals surface area contributed by atoms with Crippen molar-refractivity contribution in [2.45, 2.75) is 20.8 Å². The second-order valence-electron chi connectivity index (χ2n) is 6.83. The van der Waals surface area contributed by atoms with Gasteiger partial charge in [-0.15, -0.1) is 0 Å². The molecule has 0 aliphatic carbocycles. The van der Waals surface area contributed by atoms with E-state index in [2.05, 4.69) is 24.1 Å². The highest BCUT2D eigenvalue weighted by Gasteiger charge is 2.18. The lowest BCUT2D eigenvalue weighted by Gasteiger charge is -2.19. The van der Waals surface area contributed by atoms with Gasteiger partial charge in [-0.2, -0.15) is 0 Å². The Balaban J connectivity index is 2.20. The number of rotatable bonds is 11. The third-order valence-electron chi connectivity index (χ3n) is 4.86. The van der Waals surface area contributed by atoms with Crippen LogP contribution in [0, 0.1) is 0 Å². The van der Waals surface area contributed by atoms with Gasteiger partial charge in [-0.3, -0.25) is 4.79 Å². The highest BCUT2D eigenvalue weighted by molar-refractivity contribution is 6.07. The van der Waals surface area contributed by atoms with Crippen LogP contribution in [0.1, 0.15) is 51.8 Å². The van der Waals surface area contributed by atoms with Crippen LogP contribution in [0.3, 0.4) is 0 Å². The molecule has 8 nitrogen and oxygen atoms in total. The Morgan fingerprint density at radius 2 is 1.56 bits per heavy atom. The summed E-state index contributed by atoms with van der Waals surface area (Å²) in [7, 11) is 1.28. The fourth-order valence-electron chi connectivity index (χ4n) is 3.01. The molecular weight excluding hydrogens is 412 g/mol. The smallest absolute Gasteiger partial charge is 0.338 e. The lowest BCUT2D eigenvalue weighted by atomic mass is 10.1. The van der Waals surface area contributed by atoms with Crippen molar-refractivity contribution in [3.05, 3.63) is 59.2 Å². The van der Waals surface area contributed by atoms with Crippen molar-refractivity contribution >= 4 is 23.5 Å². The molecule has 0 unspecified atom stereocenters. The van der Waals surface area contributed by atoms with Crippen LogP contribution in [0.2, 0.25) is 0 Å². The van der Waals surface area contributed by atoms with E-state index in [0.29, 0.717) is 30.2 Å². The van der Waals surface area contributed by atoms with Gasteiger partial charge in [0.15, 0.2) is 0 Å². The molecule has 0 saturated heterocycles. The minimum Gasteiger partial charge on any atom is -0.491 e. The van der Waals surface area contributed by atoms with Crippen LogP contribution in [0.5, 0.6) is 5.75 Å². The van der Waals surface area contributed by atoms with Crippen LogP contribution in [0.25, 0.3) is 0 Å². The van der Waals surface area contributed by atoms with Crippen molar-refractivity contribution < 1.29 is 28.6 Å². The van der Waals surface area contributed by atoms with Gasteiger partial charge in [0.2, 0.25) is 0 Å². The Morgan fingerprint density at radius 3 is 2.16 bits per heavy atom.